The fourth-order valence-corrected chi connectivity index (χ4v) is 8.25. The molecule has 0 radical (unpaired) electrons. The van der Waals surface area contributed by atoms with E-state index in [2.05, 4.69) is 31.3 Å². The molecule has 0 heterocycles. The highest BCUT2D eigenvalue weighted by Crippen LogP contribution is 2.47. The standard InChI is InChI=1S/C44H65NO8/c1-5-7-9-11-12-14-20-32(19-13-10-8-6-2)29-44(42(51)52,27-25-38(46)47)31-43(3,4)40(49)41(50)45-28-26-39(48)53-30-37-35-23-17-15-21-33(35)34-22-16-18-24-36(34)37/h15-18,21-24,32,37,40,49H,5-14,19-20,25-31H2,1-4H3,(H,45,50)(H,46,47)(H,51,52). The van der Waals surface area contributed by atoms with E-state index in [0.29, 0.717) is 6.42 Å². The number of aliphatic hydroxyl groups is 1. The largest absolute Gasteiger partial charge is 0.481 e. The van der Waals surface area contributed by atoms with Gasteiger partial charge in [-0.1, -0.05) is 153 Å². The molecule has 2 aromatic rings. The molecule has 4 N–H and O–H groups in total. The van der Waals surface area contributed by atoms with Gasteiger partial charge in [0.25, 0.3) is 0 Å². The van der Waals surface area contributed by atoms with Crippen molar-refractivity contribution in [1.82, 2.24) is 5.32 Å². The van der Waals surface area contributed by atoms with Gasteiger partial charge in [-0.05, 0) is 47.4 Å². The number of unbranched alkanes of at least 4 members (excludes halogenated alkanes) is 8. The molecule has 1 aliphatic carbocycles. The molecule has 0 saturated heterocycles. The first-order chi connectivity index (χ1) is 25.3. The Morgan fingerprint density at radius 2 is 1.30 bits per heavy atom. The van der Waals surface area contributed by atoms with Gasteiger partial charge < -0.3 is 25.4 Å². The van der Waals surface area contributed by atoms with E-state index in [-0.39, 0.29) is 50.7 Å². The van der Waals surface area contributed by atoms with Gasteiger partial charge in [0.15, 0.2) is 0 Å². The molecule has 0 aliphatic heterocycles. The maximum atomic E-state index is 13.3. The molecule has 3 rings (SSSR count). The smallest absolute Gasteiger partial charge is 0.309 e. The maximum Gasteiger partial charge on any atom is 0.309 e. The van der Waals surface area contributed by atoms with Crippen molar-refractivity contribution in [1.29, 1.82) is 0 Å². The Bertz CT molecular complexity index is 1430. The van der Waals surface area contributed by atoms with Crippen LogP contribution in [0.3, 0.4) is 0 Å². The molecule has 0 bridgehead atoms. The lowest BCUT2D eigenvalue weighted by Gasteiger charge is -2.41. The Labute approximate surface area is 317 Å². The van der Waals surface area contributed by atoms with Crippen LogP contribution in [-0.4, -0.2) is 58.4 Å². The number of nitrogens with one attached hydrogen (secondary N) is 1. The molecule has 9 nitrogen and oxygen atoms in total. The lowest BCUT2D eigenvalue weighted by molar-refractivity contribution is -0.158. The Morgan fingerprint density at radius 1 is 0.774 bits per heavy atom. The number of fused-ring (bicyclic) bond motifs is 3. The average Bonchev–Trinajstić information content (AvgIpc) is 3.45. The zero-order valence-electron chi connectivity index (χ0n) is 32.7. The number of carbonyl (C=O) groups is 4. The van der Waals surface area contributed by atoms with Gasteiger partial charge in [0.05, 0.1) is 11.8 Å². The van der Waals surface area contributed by atoms with Crippen LogP contribution in [0, 0.1) is 16.7 Å². The van der Waals surface area contributed by atoms with Crippen molar-refractivity contribution in [3.63, 3.8) is 0 Å². The number of hydrogen-bond acceptors (Lipinski definition) is 6. The Balaban J connectivity index is 1.62. The number of carbonyl (C=O) groups excluding carboxylic acids is 2. The van der Waals surface area contributed by atoms with E-state index < -0.39 is 40.7 Å². The second kappa shape index (κ2) is 21.9. The van der Waals surface area contributed by atoms with Crippen molar-refractivity contribution in [3.8, 4) is 11.1 Å². The second-order valence-corrected chi connectivity index (χ2v) is 16.0. The highest BCUT2D eigenvalue weighted by Gasteiger charge is 2.48. The third kappa shape index (κ3) is 13.3. The Kier molecular flexibility index (Phi) is 18.0. The van der Waals surface area contributed by atoms with Crippen molar-refractivity contribution in [2.45, 2.75) is 149 Å². The molecule has 0 fully saturated rings. The van der Waals surface area contributed by atoms with Crippen molar-refractivity contribution in [2.75, 3.05) is 13.2 Å². The number of benzene rings is 2. The quantitative estimate of drug-likeness (QED) is 0.0524. The summed E-state index contributed by atoms with van der Waals surface area (Å²) in [5.74, 6) is -3.33. The van der Waals surface area contributed by atoms with Gasteiger partial charge in [-0.15, -0.1) is 0 Å². The summed E-state index contributed by atoms with van der Waals surface area (Å²) in [5.41, 5.74) is 1.84. The summed E-state index contributed by atoms with van der Waals surface area (Å²) in [5, 5.41) is 34.3. The molecule has 0 saturated carbocycles. The minimum Gasteiger partial charge on any atom is -0.481 e. The van der Waals surface area contributed by atoms with Crippen molar-refractivity contribution < 1.29 is 39.2 Å². The number of ether oxygens (including phenoxy) is 1. The topological polar surface area (TPSA) is 150 Å². The van der Waals surface area contributed by atoms with E-state index >= 15 is 0 Å². The van der Waals surface area contributed by atoms with E-state index in [1.165, 1.54) is 19.3 Å². The van der Waals surface area contributed by atoms with Crippen LogP contribution < -0.4 is 5.32 Å². The predicted octanol–water partition coefficient (Wildman–Crippen LogP) is 9.29. The minimum absolute atomic E-state index is 0.0518. The Hall–Kier alpha value is -3.72. The minimum atomic E-state index is -1.57. The summed E-state index contributed by atoms with van der Waals surface area (Å²) in [6, 6.07) is 16.1. The van der Waals surface area contributed by atoms with Crippen molar-refractivity contribution in [2.24, 2.45) is 16.7 Å². The molecule has 0 aromatic heterocycles. The van der Waals surface area contributed by atoms with Gasteiger partial charge in [0, 0.05) is 24.3 Å². The van der Waals surface area contributed by atoms with Crippen LogP contribution in [0.5, 0.6) is 0 Å². The van der Waals surface area contributed by atoms with Gasteiger partial charge in [-0.25, -0.2) is 0 Å². The van der Waals surface area contributed by atoms with Gasteiger partial charge >= 0.3 is 17.9 Å². The average molecular weight is 736 g/mol. The predicted molar refractivity (Wildman–Crippen MR) is 209 cm³/mol. The molecule has 3 unspecified atom stereocenters. The number of aliphatic hydroxyl groups excluding tert-OH is 1. The molecule has 294 valence electrons. The van der Waals surface area contributed by atoms with E-state index in [4.69, 9.17) is 4.74 Å². The Morgan fingerprint density at radius 3 is 1.85 bits per heavy atom. The molecule has 53 heavy (non-hydrogen) atoms. The number of carboxylic acids is 2. The summed E-state index contributed by atoms with van der Waals surface area (Å²) in [6.45, 7) is 7.77. The second-order valence-electron chi connectivity index (χ2n) is 16.0. The molecular weight excluding hydrogens is 670 g/mol. The fourth-order valence-electron chi connectivity index (χ4n) is 8.25. The fraction of sp³-hybridized carbons (Fsp3) is 0.636. The highest BCUT2D eigenvalue weighted by atomic mass is 16.5. The zero-order chi connectivity index (χ0) is 38.9. The molecule has 1 aliphatic rings. The van der Waals surface area contributed by atoms with Crippen LogP contribution in [0.4, 0.5) is 0 Å². The van der Waals surface area contributed by atoms with Crippen LogP contribution in [0.2, 0.25) is 0 Å². The summed E-state index contributed by atoms with van der Waals surface area (Å²) in [4.78, 5) is 51.0. The van der Waals surface area contributed by atoms with Crippen LogP contribution in [-0.2, 0) is 23.9 Å². The number of carboxylic acid groups (broad SMARTS) is 2. The SMILES string of the molecule is CCCCCCCCC(CCCCCC)CC(CCC(=O)O)(CC(C)(C)C(O)C(=O)NCCC(=O)OCC1c2ccccc2-c2ccccc21)C(=O)O. The number of aliphatic carboxylic acids is 2. The van der Waals surface area contributed by atoms with E-state index in [1.54, 1.807) is 13.8 Å². The summed E-state index contributed by atoms with van der Waals surface area (Å²) < 4.78 is 5.65. The van der Waals surface area contributed by atoms with Gasteiger partial charge in [-0.3, -0.25) is 19.2 Å². The van der Waals surface area contributed by atoms with E-state index in [1.807, 2.05) is 36.4 Å². The summed E-state index contributed by atoms with van der Waals surface area (Å²) >= 11 is 0. The van der Waals surface area contributed by atoms with Crippen molar-refractivity contribution >= 4 is 23.8 Å². The lowest BCUT2D eigenvalue weighted by atomic mass is 9.63. The number of esters is 1. The summed E-state index contributed by atoms with van der Waals surface area (Å²) in [7, 11) is 0. The summed E-state index contributed by atoms with van der Waals surface area (Å²) in [6.07, 6.45) is 11.0. The molecule has 3 atom stereocenters. The van der Waals surface area contributed by atoms with E-state index in [9.17, 15) is 34.5 Å². The van der Waals surface area contributed by atoms with Gasteiger partial charge in [0.1, 0.15) is 12.7 Å². The van der Waals surface area contributed by atoms with E-state index in [0.717, 1.165) is 80.0 Å². The van der Waals surface area contributed by atoms with Crippen LogP contribution >= 0.6 is 0 Å². The zero-order valence-corrected chi connectivity index (χ0v) is 32.7. The molecule has 0 spiro atoms. The van der Waals surface area contributed by atoms with Crippen molar-refractivity contribution in [3.05, 3.63) is 59.7 Å². The maximum absolute atomic E-state index is 13.3. The molecule has 9 heteroatoms. The first kappa shape index (κ1) is 43.7. The number of amides is 1. The molecule has 2 aromatic carbocycles. The molecular formula is C44H65NO8. The van der Waals surface area contributed by atoms with Crippen LogP contribution in [0.15, 0.2) is 48.5 Å². The van der Waals surface area contributed by atoms with Gasteiger partial charge in [-0.2, -0.15) is 0 Å². The third-order valence-electron chi connectivity index (χ3n) is 11.2. The number of hydrogen-bond donors (Lipinski definition) is 4. The molecule has 1 amide bonds. The third-order valence-corrected chi connectivity index (χ3v) is 11.2. The lowest BCUT2D eigenvalue weighted by Crippen LogP contribution is -2.48. The number of rotatable bonds is 27. The van der Waals surface area contributed by atoms with Crippen LogP contribution in [0.25, 0.3) is 11.1 Å². The monoisotopic (exact) mass is 735 g/mol. The normalized spacial score (nSPS) is 14.8. The first-order valence-electron chi connectivity index (χ1n) is 20.1. The van der Waals surface area contributed by atoms with Gasteiger partial charge in [0.2, 0.25) is 5.91 Å². The highest BCUT2D eigenvalue weighted by molar-refractivity contribution is 5.83. The first-order valence-corrected chi connectivity index (χ1v) is 20.1. The van der Waals surface area contributed by atoms with Crippen LogP contribution in [0.1, 0.15) is 154 Å².